The minimum absolute atomic E-state index is 0.126. The highest BCUT2D eigenvalue weighted by Gasteiger charge is 2.23. The van der Waals surface area contributed by atoms with E-state index in [0.717, 1.165) is 5.56 Å². The van der Waals surface area contributed by atoms with Crippen molar-refractivity contribution >= 4 is 12.0 Å². The topological polar surface area (TPSA) is 102 Å². The van der Waals surface area contributed by atoms with Gasteiger partial charge in [0.15, 0.2) is 0 Å². The largest absolute Gasteiger partial charge is 0.496 e. The maximum atomic E-state index is 12.4. The molecule has 1 unspecified atom stereocenters. The summed E-state index contributed by atoms with van der Waals surface area (Å²) in [5.41, 5.74) is 0.329. The third-order valence-corrected chi connectivity index (χ3v) is 3.68. The Morgan fingerprint density at radius 3 is 2.54 bits per heavy atom. The first-order chi connectivity index (χ1) is 13.2. The minimum atomic E-state index is -0.642. The average Bonchev–Trinajstić information content (AvgIpc) is 2.63. The summed E-state index contributed by atoms with van der Waals surface area (Å²) in [7, 11) is 1.55. The Morgan fingerprint density at radius 1 is 1.18 bits per heavy atom. The number of aromatic nitrogens is 2. The van der Waals surface area contributed by atoms with Crippen LogP contribution in [-0.4, -0.2) is 41.2 Å². The molecule has 0 aliphatic carbocycles. The molecule has 28 heavy (non-hydrogen) atoms. The normalized spacial score (nSPS) is 12.0. The van der Waals surface area contributed by atoms with Gasteiger partial charge in [0.2, 0.25) is 0 Å². The van der Waals surface area contributed by atoms with Gasteiger partial charge in [-0.25, -0.2) is 14.8 Å². The van der Waals surface area contributed by atoms with Crippen LogP contribution in [0.3, 0.4) is 0 Å². The summed E-state index contributed by atoms with van der Waals surface area (Å²) < 4.78 is 10.7. The van der Waals surface area contributed by atoms with E-state index >= 15 is 0 Å². The van der Waals surface area contributed by atoms with Gasteiger partial charge in [-0.2, -0.15) is 0 Å². The molecule has 0 spiro atoms. The number of rotatable bonds is 6. The molecule has 1 heterocycles. The molecule has 2 rings (SSSR count). The Morgan fingerprint density at radius 2 is 1.89 bits per heavy atom. The van der Waals surface area contributed by atoms with Crippen molar-refractivity contribution < 1.29 is 19.1 Å². The number of para-hydroxylation sites is 1. The molecule has 0 fully saturated rings. The molecule has 2 aromatic rings. The summed E-state index contributed by atoms with van der Waals surface area (Å²) in [6, 6.07) is 8.24. The number of methoxy groups -OCH3 is 1. The summed E-state index contributed by atoms with van der Waals surface area (Å²) in [6.45, 7) is 7.18. The zero-order valence-electron chi connectivity index (χ0n) is 16.8. The van der Waals surface area contributed by atoms with Crippen molar-refractivity contribution in [3.8, 4) is 5.75 Å². The quantitative estimate of drug-likeness (QED) is 0.791. The second-order valence-corrected chi connectivity index (χ2v) is 7.14. The number of alkyl carbamates (subject to hydrolysis) is 1. The average molecular weight is 386 g/mol. The van der Waals surface area contributed by atoms with Gasteiger partial charge in [-0.05, 0) is 39.8 Å². The number of ether oxygens (including phenoxy) is 2. The Kier molecular flexibility index (Phi) is 6.92. The van der Waals surface area contributed by atoms with Gasteiger partial charge < -0.3 is 20.1 Å². The number of benzene rings is 1. The van der Waals surface area contributed by atoms with E-state index in [1.807, 2.05) is 18.2 Å². The van der Waals surface area contributed by atoms with Crippen LogP contribution in [0.2, 0.25) is 0 Å². The van der Waals surface area contributed by atoms with E-state index in [0.29, 0.717) is 11.6 Å². The van der Waals surface area contributed by atoms with E-state index in [2.05, 4.69) is 20.6 Å². The zero-order chi connectivity index (χ0) is 20.7. The SMILES string of the molecule is COc1ccccc1C(CNC(=O)c1ccnc(C)n1)NC(=O)OC(C)(C)C. The molecule has 1 aromatic heterocycles. The first-order valence-electron chi connectivity index (χ1n) is 8.90. The van der Waals surface area contributed by atoms with Gasteiger partial charge in [0.1, 0.15) is 22.9 Å². The van der Waals surface area contributed by atoms with Crippen LogP contribution in [0.5, 0.6) is 5.75 Å². The minimum Gasteiger partial charge on any atom is -0.496 e. The van der Waals surface area contributed by atoms with Crippen molar-refractivity contribution in [2.45, 2.75) is 39.3 Å². The molecular formula is C20H26N4O4. The highest BCUT2D eigenvalue weighted by atomic mass is 16.6. The van der Waals surface area contributed by atoms with Crippen LogP contribution in [0, 0.1) is 6.92 Å². The van der Waals surface area contributed by atoms with Gasteiger partial charge in [0, 0.05) is 18.3 Å². The molecule has 8 heteroatoms. The molecule has 8 nitrogen and oxygen atoms in total. The van der Waals surface area contributed by atoms with Crippen LogP contribution < -0.4 is 15.4 Å². The van der Waals surface area contributed by atoms with Crippen molar-refractivity contribution in [1.82, 2.24) is 20.6 Å². The van der Waals surface area contributed by atoms with Crippen molar-refractivity contribution in [3.63, 3.8) is 0 Å². The van der Waals surface area contributed by atoms with Crippen LogP contribution in [0.15, 0.2) is 36.5 Å². The summed E-state index contributed by atoms with van der Waals surface area (Å²) >= 11 is 0. The van der Waals surface area contributed by atoms with Gasteiger partial charge in [-0.3, -0.25) is 4.79 Å². The second kappa shape index (κ2) is 9.16. The molecule has 0 radical (unpaired) electrons. The first-order valence-corrected chi connectivity index (χ1v) is 8.90. The molecule has 0 saturated carbocycles. The lowest BCUT2D eigenvalue weighted by molar-refractivity contribution is 0.0500. The Balaban J connectivity index is 2.18. The van der Waals surface area contributed by atoms with E-state index < -0.39 is 17.7 Å². The smallest absolute Gasteiger partial charge is 0.408 e. The van der Waals surface area contributed by atoms with Gasteiger partial charge >= 0.3 is 6.09 Å². The second-order valence-electron chi connectivity index (χ2n) is 7.14. The maximum absolute atomic E-state index is 12.4. The van der Waals surface area contributed by atoms with Gasteiger partial charge in [0.05, 0.1) is 13.2 Å². The highest BCUT2D eigenvalue weighted by Crippen LogP contribution is 2.25. The number of carbonyl (C=O) groups excluding carboxylic acids is 2. The molecule has 0 saturated heterocycles. The lowest BCUT2D eigenvalue weighted by atomic mass is 10.1. The van der Waals surface area contributed by atoms with Gasteiger partial charge in [0.25, 0.3) is 5.91 Å². The molecule has 150 valence electrons. The Bertz CT molecular complexity index is 833. The summed E-state index contributed by atoms with van der Waals surface area (Å²) in [5, 5.41) is 5.58. The number of amides is 2. The molecule has 0 bridgehead atoms. The molecule has 2 amide bonds. The third-order valence-electron chi connectivity index (χ3n) is 3.68. The number of hydrogen-bond donors (Lipinski definition) is 2. The first kappa shape index (κ1) is 21.1. The van der Waals surface area contributed by atoms with E-state index in [1.165, 1.54) is 12.3 Å². The Hall–Kier alpha value is -3.16. The number of aryl methyl sites for hydroxylation is 1. The standard InChI is InChI=1S/C20H26N4O4/c1-13-21-11-10-15(23-13)18(25)22-12-16(24-19(26)28-20(2,3)4)14-8-6-7-9-17(14)27-5/h6-11,16H,12H2,1-5H3,(H,22,25)(H,24,26). The lowest BCUT2D eigenvalue weighted by Crippen LogP contribution is -2.40. The molecule has 1 atom stereocenters. The van der Waals surface area contributed by atoms with Crippen LogP contribution in [-0.2, 0) is 4.74 Å². The van der Waals surface area contributed by atoms with Crippen LogP contribution in [0.4, 0.5) is 4.79 Å². The number of nitrogens with one attached hydrogen (secondary N) is 2. The van der Waals surface area contributed by atoms with Gasteiger partial charge in [-0.1, -0.05) is 18.2 Å². The fraction of sp³-hybridized carbons (Fsp3) is 0.400. The van der Waals surface area contributed by atoms with Crippen LogP contribution >= 0.6 is 0 Å². The van der Waals surface area contributed by atoms with Crippen LogP contribution in [0.25, 0.3) is 0 Å². The maximum Gasteiger partial charge on any atom is 0.408 e. The fourth-order valence-corrected chi connectivity index (χ4v) is 2.51. The van der Waals surface area contributed by atoms with Gasteiger partial charge in [-0.15, -0.1) is 0 Å². The monoisotopic (exact) mass is 386 g/mol. The third kappa shape index (κ3) is 6.22. The van der Waals surface area contributed by atoms with E-state index in [1.54, 1.807) is 40.9 Å². The predicted octanol–water partition coefficient (Wildman–Crippen LogP) is 2.79. The van der Waals surface area contributed by atoms with E-state index in [4.69, 9.17) is 9.47 Å². The molecular weight excluding hydrogens is 360 g/mol. The highest BCUT2D eigenvalue weighted by molar-refractivity contribution is 5.92. The zero-order valence-corrected chi connectivity index (χ0v) is 16.8. The number of nitrogens with zero attached hydrogens (tertiary/aromatic N) is 2. The van der Waals surface area contributed by atoms with Crippen LogP contribution in [0.1, 0.15) is 48.7 Å². The Labute approximate surface area is 164 Å². The van der Waals surface area contributed by atoms with E-state index in [-0.39, 0.29) is 18.1 Å². The summed E-state index contributed by atoms with van der Waals surface area (Å²) in [6.07, 6.45) is 0.934. The lowest BCUT2D eigenvalue weighted by Gasteiger charge is -2.25. The fourth-order valence-electron chi connectivity index (χ4n) is 2.51. The van der Waals surface area contributed by atoms with Crippen molar-refractivity contribution in [2.24, 2.45) is 0 Å². The number of hydrogen-bond acceptors (Lipinski definition) is 6. The molecule has 2 N–H and O–H groups in total. The molecule has 0 aliphatic rings. The summed E-state index contributed by atoms with van der Waals surface area (Å²) in [5.74, 6) is 0.730. The number of carbonyl (C=O) groups is 2. The molecule has 0 aliphatic heterocycles. The van der Waals surface area contributed by atoms with Crippen molar-refractivity contribution in [1.29, 1.82) is 0 Å². The predicted molar refractivity (Wildman–Crippen MR) is 104 cm³/mol. The van der Waals surface area contributed by atoms with Crippen molar-refractivity contribution in [2.75, 3.05) is 13.7 Å². The molecule has 1 aromatic carbocycles. The van der Waals surface area contributed by atoms with Crippen molar-refractivity contribution in [3.05, 3.63) is 53.6 Å². The van der Waals surface area contributed by atoms with E-state index in [9.17, 15) is 9.59 Å². The summed E-state index contributed by atoms with van der Waals surface area (Å²) in [4.78, 5) is 32.8.